The summed E-state index contributed by atoms with van der Waals surface area (Å²) < 4.78 is 0. The molecule has 0 spiro atoms. The zero-order valence-corrected chi connectivity index (χ0v) is 14.3. The molecule has 8 heteroatoms. The summed E-state index contributed by atoms with van der Waals surface area (Å²) in [5, 5.41) is 0.00000000000000178. The van der Waals surface area contributed by atoms with Gasteiger partial charge in [-0.1, -0.05) is 6.92 Å². The average Bonchev–Trinajstić information content (AvgIpc) is 2.31. The quantitative estimate of drug-likeness (QED) is 0.786. The minimum Gasteiger partial charge on any atom is -0.327 e. The third-order valence-corrected chi connectivity index (χ3v) is 4.60. The fourth-order valence-corrected chi connectivity index (χ4v) is 2.67. The SMILES string of the molecule is CC1C(N)CCN(C)C1(C)C.Clc1nc(Cl)nc(Cl)n1. The number of aromatic nitrogens is 3. The van der Waals surface area contributed by atoms with Crippen LogP contribution in [0.15, 0.2) is 0 Å². The molecule has 1 aliphatic heterocycles. The van der Waals surface area contributed by atoms with Gasteiger partial charge in [-0.3, -0.25) is 0 Å². The molecule has 5 nitrogen and oxygen atoms in total. The first-order chi connectivity index (χ1) is 9.14. The predicted octanol–water partition coefficient (Wildman–Crippen LogP) is 2.90. The van der Waals surface area contributed by atoms with Crippen molar-refractivity contribution in [2.24, 2.45) is 11.7 Å². The minimum absolute atomic E-state index is 0.000000000000000444. The number of hydrogen-bond donors (Lipinski definition) is 1. The molecule has 0 aliphatic carbocycles. The van der Waals surface area contributed by atoms with Gasteiger partial charge >= 0.3 is 0 Å². The summed E-state index contributed by atoms with van der Waals surface area (Å²) >= 11 is 16.0. The van der Waals surface area contributed by atoms with Crippen molar-refractivity contribution in [3.05, 3.63) is 15.9 Å². The maximum Gasteiger partial charge on any atom is 0.227 e. The van der Waals surface area contributed by atoms with Gasteiger partial charge in [0.1, 0.15) is 0 Å². The Morgan fingerprint density at radius 1 is 1.10 bits per heavy atom. The van der Waals surface area contributed by atoms with Crippen molar-refractivity contribution in [1.82, 2.24) is 19.9 Å². The summed E-state index contributed by atoms with van der Waals surface area (Å²) in [6.45, 7) is 7.94. The Morgan fingerprint density at radius 2 is 1.50 bits per heavy atom. The van der Waals surface area contributed by atoms with Crippen LogP contribution in [0.3, 0.4) is 0 Å². The molecule has 0 radical (unpaired) electrons. The Bertz CT molecular complexity index is 404. The van der Waals surface area contributed by atoms with Crippen LogP contribution in [0.25, 0.3) is 0 Å². The summed E-state index contributed by atoms with van der Waals surface area (Å²) in [5.74, 6) is 0.598. The van der Waals surface area contributed by atoms with Gasteiger partial charge in [-0.25, -0.2) is 0 Å². The van der Waals surface area contributed by atoms with Gasteiger partial charge in [-0.2, -0.15) is 15.0 Å². The number of rotatable bonds is 0. The van der Waals surface area contributed by atoms with Crippen LogP contribution in [0.1, 0.15) is 27.2 Å². The number of halogens is 3. The highest BCUT2D eigenvalue weighted by molar-refractivity contribution is 6.33. The number of nitrogens with two attached hydrogens (primary N) is 1. The van der Waals surface area contributed by atoms with Gasteiger partial charge in [-0.15, -0.1) is 0 Å². The highest BCUT2D eigenvalue weighted by Crippen LogP contribution is 2.30. The van der Waals surface area contributed by atoms with Crippen molar-refractivity contribution in [2.45, 2.75) is 38.8 Å². The first-order valence-corrected chi connectivity index (χ1v) is 7.47. The minimum atomic E-state index is 0.000000000000000444. The smallest absolute Gasteiger partial charge is 0.227 e. The number of likely N-dealkylation sites (tertiary alicyclic amines) is 1. The molecule has 2 unspecified atom stereocenters. The third-order valence-electron chi connectivity index (χ3n) is 4.09. The number of piperidine rings is 1. The molecule has 0 bridgehead atoms. The van der Waals surface area contributed by atoms with Gasteiger partial charge in [0.15, 0.2) is 0 Å². The second-order valence-electron chi connectivity index (χ2n) is 5.46. The zero-order valence-electron chi connectivity index (χ0n) is 12.1. The Kier molecular flexibility index (Phi) is 6.41. The van der Waals surface area contributed by atoms with Crippen LogP contribution in [0, 0.1) is 5.92 Å². The van der Waals surface area contributed by atoms with E-state index in [4.69, 9.17) is 40.5 Å². The fraction of sp³-hybridized carbons (Fsp3) is 0.750. The Morgan fingerprint density at radius 3 is 1.85 bits per heavy atom. The number of nitrogens with zero attached hydrogens (tertiary/aromatic N) is 4. The molecule has 1 saturated heterocycles. The van der Waals surface area contributed by atoms with Gasteiger partial charge in [0.25, 0.3) is 0 Å². The van der Waals surface area contributed by atoms with E-state index in [0.29, 0.717) is 12.0 Å². The van der Waals surface area contributed by atoms with Crippen molar-refractivity contribution in [3.63, 3.8) is 0 Å². The molecule has 1 fully saturated rings. The molecule has 1 aromatic rings. The molecule has 1 aromatic heterocycles. The van der Waals surface area contributed by atoms with Crippen LogP contribution >= 0.6 is 34.8 Å². The maximum atomic E-state index is 5.99. The molecule has 20 heavy (non-hydrogen) atoms. The highest BCUT2D eigenvalue weighted by Gasteiger charge is 2.37. The summed E-state index contributed by atoms with van der Waals surface area (Å²) in [6.07, 6.45) is 1.14. The van der Waals surface area contributed by atoms with Gasteiger partial charge in [-0.05, 0) is 74.6 Å². The van der Waals surface area contributed by atoms with Gasteiger partial charge in [0, 0.05) is 11.6 Å². The Balaban J connectivity index is 0.000000204. The maximum absolute atomic E-state index is 5.99. The van der Waals surface area contributed by atoms with Crippen LogP contribution in [-0.2, 0) is 0 Å². The lowest BCUT2D eigenvalue weighted by Gasteiger charge is -2.47. The topological polar surface area (TPSA) is 67.9 Å². The largest absolute Gasteiger partial charge is 0.327 e. The first-order valence-electron chi connectivity index (χ1n) is 6.34. The standard InChI is InChI=1S/C9H20N2.C3Cl3N3/c1-7-8(10)5-6-11(4)9(7,2)3;4-1-7-2(5)9-3(6)8-1/h7-8H,5-6,10H2,1-4H3;. The molecule has 2 N–H and O–H groups in total. The van der Waals surface area contributed by atoms with E-state index in [0.717, 1.165) is 13.0 Å². The van der Waals surface area contributed by atoms with Crippen molar-refractivity contribution in [2.75, 3.05) is 13.6 Å². The van der Waals surface area contributed by atoms with E-state index in [-0.39, 0.29) is 21.4 Å². The van der Waals surface area contributed by atoms with Crippen LogP contribution in [0.2, 0.25) is 15.9 Å². The predicted molar refractivity (Wildman–Crippen MR) is 83.3 cm³/mol. The second kappa shape index (κ2) is 7.18. The van der Waals surface area contributed by atoms with Crippen molar-refractivity contribution < 1.29 is 0 Å². The van der Waals surface area contributed by atoms with Crippen molar-refractivity contribution >= 4 is 34.8 Å². The molecule has 0 amide bonds. The van der Waals surface area contributed by atoms with E-state index < -0.39 is 0 Å². The molecule has 0 saturated carbocycles. The first kappa shape index (κ1) is 17.9. The van der Waals surface area contributed by atoms with E-state index in [1.165, 1.54) is 0 Å². The van der Waals surface area contributed by atoms with E-state index in [2.05, 4.69) is 47.7 Å². The molecule has 2 heterocycles. The average molecular weight is 341 g/mol. The molecule has 0 aromatic carbocycles. The molecule has 2 atom stereocenters. The lowest BCUT2D eigenvalue weighted by molar-refractivity contribution is 0.0407. The molecule has 2 rings (SSSR count). The second-order valence-corrected chi connectivity index (χ2v) is 6.47. The molecular formula is C12H20Cl3N5. The van der Waals surface area contributed by atoms with Gasteiger partial charge in [0.05, 0.1) is 0 Å². The lowest BCUT2D eigenvalue weighted by Crippen LogP contribution is -2.57. The van der Waals surface area contributed by atoms with Crippen molar-refractivity contribution in [3.8, 4) is 0 Å². The van der Waals surface area contributed by atoms with E-state index in [1.807, 2.05) is 0 Å². The van der Waals surface area contributed by atoms with Gasteiger partial charge < -0.3 is 10.6 Å². The summed E-state index contributed by atoms with van der Waals surface area (Å²) in [7, 11) is 2.18. The fourth-order valence-electron chi connectivity index (χ4n) is 2.06. The summed E-state index contributed by atoms with van der Waals surface area (Å²) in [5.41, 5.74) is 6.26. The number of hydrogen-bond acceptors (Lipinski definition) is 5. The van der Waals surface area contributed by atoms with E-state index in [1.54, 1.807) is 0 Å². The van der Waals surface area contributed by atoms with E-state index in [9.17, 15) is 0 Å². The van der Waals surface area contributed by atoms with E-state index >= 15 is 0 Å². The Hall–Kier alpha value is -0.200. The van der Waals surface area contributed by atoms with Crippen molar-refractivity contribution in [1.29, 1.82) is 0 Å². The molecule has 114 valence electrons. The highest BCUT2D eigenvalue weighted by atomic mass is 35.5. The summed E-state index contributed by atoms with van der Waals surface area (Å²) in [6, 6.07) is 0.390. The van der Waals surface area contributed by atoms with Crippen LogP contribution in [-0.4, -0.2) is 45.0 Å². The summed E-state index contributed by atoms with van der Waals surface area (Å²) in [4.78, 5) is 12.8. The Labute approximate surface area is 134 Å². The van der Waals surface area contributed by atoms with Crippen LogP contribution in [0.4, 0.5) is 0 Å². The third kappa shape index (κ3) is 4.67. The molecular weight excluding hydrogens is 321 g/mol. The zero-order chi connectivity index (χ0) is 15.5. The lowest BCUT2D eigenvalue weighted by atomic mass is 9.78. The molecule has 1 aliphatic rings. The van der Waals surface area contributed by atoms with Gasteiger partial charge in [0.2, 0.25) is 15.9 Å². The van der Waals surface area contributed by atoms with Crippen LogP contribution in [0.5, 0.6) is 0 Å². The monoisotopic (exact) mass is 339 g/mol. The normalized spacial score (nSPS) is 25.8. The van der Waals surface area contributed by atoms with Crippen LogP contribution < -0.4 is 5.73 Å².